The van der Waals surface area contributed by atoms with Crippen molar-refractivity contribution in [2.45, 2.75) is 13.5 Å². The van der Waals surface area contributed by atoms with Crippen molar-refractivity contribution in [1.29, 1.82) is 5.26 Å². The number of halogens is 2. The lowest BCUT2D eigenvalue weighted by molar-refractivity contribution is -0.121. The van der Waals surface area contributed by atoms with E-state index in [1.165, 1.54) is 11.8 Å². The predicted octanol–water partition coefficient (Wildman–Crippen LogP) is 5.67. The van der Waals surface area contributed by atoms with Gasteiger partial charge in [-0.1, -0.05) is 65.4 Å². The highest BCUT2D eigenvalue weighted by atomic mass is 35.5. The molecule has 1 aliphatic heterocycles. The molecule has 0 saturated carbocycles. The molecule has 2 aromatic rings. The molecule has 0 radical (unpaired) electrons. The van der Waals surface area contributed by atoms with E-state index in [4.69, 9.17) is 45.4 Å². The van der Waals surface area contributed by atoms with Gasteiger partial charge in [-0.2, -0.15) is 5.26 Å². The summed E-state index contributed by atoms with van der Waals surface area (Å²) < 4.78 is 6.29. The van der Waals surface area contributed by atoms with E-state index >= 15 is 0 Å². The summed E-state index contributed by atoms with van der Waals surface area (Å²) in [5.74, 6) is 0.201. The lowest BCUT2D eigenvalue weighted by Gasteiger charge is -2.12. The maximum absolute atomic E-state index is 12.3. The number of hydrogen-bond donors (Lipinski definition) is 0. The summed E-state index contributed by atoms with van der Waals surface area (Å²) in [5, 5.41) is 9.80. The number of nitriles is 1. The van der Waals surface area contributed by atoms with Crippen LogP contribution in [0.2, 0.25) is 10.0 Å². The summed E-state index contributed by atoms with van der Waals surface area (Å²) in [5.41, 5.74) is 1.95. The van der Waals surface area contributed by atoms with E-state index in [0.29, 0.717) is 42.7 Å². The number of benzene rings is 2. The number of ether oxygens (including phenoxy) is 1. The van der Waals surface area contributed by atoms with Crippen molar-refractivity contribution in [3.8, 4) is 11.8 Å². The highest BCUT2D eigenvalue weighted by Crippen LogP contribution is 2.37. The topological polar surface area (TPSA) is 53.3 Å². The van der Waals surface area contributed by atoms with Crippen molar-refractivity contribution < 1.29 is 9.53 Å². The van der Waals surface area contributed by atoms with Crippen molar-refractivity contribution >= 4 is 63.5 Å². The monoisotopic (exact) mass is 448 g/mol. The fraction of sp³-hybridized carbons (Fsp3) is 0.150. The molecule has 0 bridgehead atoms. The normalized spacial score (nSPS) is 15.2. The molecule has 8 heteroatoms. The van der Waals surface area contributed by atoms with Gasteiger partial charge in [-0.3, -0.25) is 9.69 Å². The predicted molar refractivity (Wildman–Crippen MR) is 118 cm³/mol. The second-order valence-electron chi connectivity index (χ2n) is 5.80. The first kappa shape index (κ1) is 20.7. The van der Waals surface area contributed by atoms with Gasteiger partial charge >= 0.3 is 0 Å². The van der Waals surface area contributed by atoms with Crippen LogP contribution < -0.4 is 4.74 Å². The number of carbonyl (C=O) groups is 1. The molecular weight excluding hydrogens is 435 g/mol. The molecular formula is C20H14Cl2N2O2S2. The average Bonchev–Trinajstić information content (AvgIpc) is 2.94. The Kier molecular flexibility index (Phi) is 6.63. The number of amides is 1. The first-order valence-electron chi connectivity index (χ1n) is 8.29. The van der Waals surface area contributed by atoms with Gasteiger partial charge in [0.1, 0.15) is 10.9 Å². The Hall–Kier alpha value is -2.04. The van der Waals surface area contributed by atoms with Crippen LogP contribution >= 0.6 is 47.2 Å². The lowest BCUT2D eigenvalue weighted by Crippen LogP contribution is -2.27. The largest absolute Gasteiger partial charge is 0.486 e. The van der Waals surface area contributed by atoms with Crippen molar-refractivity contribution in [2.75, 3.05) is 6.54 Å². The van der Waals surface area contributed by atoms with Crippen molar-refractivity contribution in [2.24, 2.45) is 0 Å². The summed E-state index contributed by atoms with van der Waals surface area (Å²) in [4.78, 5) is 14.4. The molecule has 0 atom stereocenters. The summed E-state index contributed by atoms with van der Waals surface area (Å²) in [7, 11) is 0. The quantitative estimate of drug-likeness (QED) is 0.435. The number of carbonyl (C=O) groups excluding carboxylic acids is 1. The summed E-state index contributed by atoms with van der Waals surface area (Å²) >= 11 is 19.2. The third kappa shape index (κ3) is 4.34. The Labute approximate surface area is 182 Å². The minimum atomic E-state index is -0.127. The van der Waals surface area contributed by atoms with Gasteiger partial charge in [0, 0.05) is 12.1 Å². The van der Waals surface area contributed by atoms with E-state index in [-0.39, 0.29) is 12.5 Å². The molecule has 0 unspecified atom stereocenters. The molecule has 0 aliphatic carbocycles. The molecule has 1 amide bonds. The van der Waals surface area contributed by atoms with Gasteiger partial charge in [0.15, 0.2) is 5.75 Å². The maximum atomic E-state index is 12.3. The van der Waals surface area contributed by atoms with Crippen LogP contribution in [0, 0.1) is 11.3 Å². The highest BCUT2D eigenvalue weighted by molar-refractivity contribution is 8.26. The van der Waals surface area contributed by atoms with Gasteiger partial charge < -0.3 is 4.74 Å². The molecule has 3 rings (SSSR count). The number of thioether (sulfide) groups is 1. The molecule has 142 valence electrons. The van der Waals surface area contributed by atoms with Crippen LogP contribution in [-0.2, 0) is 11.4 Å². The van der Waals surface area contributed by atoms with Crippen molar-refractivity contribution in [3.63, 3.8) is 0 Å². The Balaban J connectivity index is 1.82. The highest BCUT2D eigenvalue weighted by Gasteiger charge is 2.30. The van der Waals surface area contributed by atoms with Crippen LogP contribution in [0.3, 0.4) is 0 Å². The third-order valence-corrected chi connectivity index (χ3v) is 5.96. The van der Waals surface area contributed by atoms with Gasteiger partial charge in [-0.15, -0.1) is 0 Å². The van der Waals surface area contributed by atoms with Crippen molar-refractivity contribution in [1.82, 2.24) is 4.90 Å². The van der Waals surface area contributed by atoms with Gasteiger partial charge in [-0.05, 0) is 36.8 Å². The maximum Gasteiger partial charge on any atom is 0.266 e. The average molecular weight is 449 g/mol. The molecule has 4 nitrogen and oxygen atoms in total. The van der Waals surface area contributed by atoms with Crippen LogP contribution in [0.4, 0.5) is 0 Å². The van der Waals surface area contributed by atoms with Crippen LogP contribution in [0.1, 0.15) is 23.6 Å². The second-order valence-corrected chi connectivity index (χ2v) is 8.29. The number of rotatable bonds is 5. The van der Waals surface area contributed by atoms with Crippen LogP contribution in [0.5, 0.6) is 5.75 Å². The molecule has 28 heavy (non-hydrogen) atoms. The Bertz CT molecular complexity index is 1010. The van der Waals surface area contributed by atoms with Crippen LogP contribution in [0.25, 0.3) is 6.08 Å². The van der Waals surface area contributed by atoms with Gasteiger partial charge in [-0.25, -0.2) is 0 Å². The second kappa shape index (κ2) is 8.97. The van der Waals surface area contributed by atoms with E-state index in [2.05, 4.69) is 6.07 Å². The molecule has 1 saturated heterocycles. The Morgan fingerprint density at radius 1 is 1.29 bits per heavy atom. The molecule has 2 aromatic carbocycles. The molecule has 0 spiro atoms. The molecule has 1 fully saturated rings. The summed E-state index contributed by atoms with van der Waals surface area (Å²) in [6, 6.07) is 12.6. The van der Waals surface area contributed by atoms with E-state index in [0.717, 1.165) is 5.56 Å². The summed E-state index contributed by atoms with van der Waals surface area (Å²) in [6.45, 7) is 2.57. The first-order valence-corrected chi connectivity index (χ1v) is 10.3. The molecule has 0 aromatic heterocycles. The van der Waals surface area contributed by atoms with E-state index in [1.807, 2.05) is 19.1 Å². The smallest absolute Gasteiger partial charge is 0.266 e. The van der Waals surface area contributed by atoms with Crippen LogP contribution in [0.15, 0.2) is 41.3 Å². The number of hydrogen-bond acceptors (Lipinski definition) is 5. The fourth-order valence-corrected chi connectivity index (χ4v) is 4.63. The van der Waals surface area contributed by atoms with Gasteiger partial charge in [0.2, 0.25) is 0 Å². The van der Waals surface area contributed by atoms with E-state index in [9.17, 15) is 4.79 Å². The molecule has 1 aliphatic rings. The minimum Gasteiger partial charge on any atom is -0.486 e. The molecule has 0 N–H and O–H groups in total. The number of nitrogens with zero attached hydrogens (tertiary/aromatic N) is 2. The van der Waals surface area contributed by atoms with E-state index < -0.39 is 0 Å². The summed E-state index contributed by atoms with van der Waals surface area (Å²) in [6.07, 6.45) is 1.71. The zero-order chi connectivity index (χ0) is 20.3. The zero-order valence-corrected chi connectivity index (χ0v) is 17.9. The lowest BCUT2D eigenvalue weighted by atomic mass is 10.1. The SMILES string of the molecule is CCN1C(=O)/C(=C/c2cc(Cl)c(OCc3ccccc3C#N)c(Cl)c2)SC1=S. The Morgan fingerprint density at radius 3 is 2.57 bits per heavy atom. The first-order chi connectivity index (χ1) is 13.4. The third-order valence-electron chi connectivity index (χ3n) is 4.02. The molecule has 1 heterocycles. The van der Waals surface area contributed by atoms with Gasteiger partial charge in [0.25, 0.3) is 5.91 Å². The zero-order valence-electron chi connectivity index (χ0n) is 14.7. The van der Waals surface area contributed by atoms with Gasteiger partial charge in [0.05, 0.1) is 26.6 Å². The minimum absolute atomic E-state index is 0.127. The van der Waals surface area contributed by atoms with Crippen LogP contribution in [-0.4, -0.2) is 21.7 Å². The van der Waals surface area contributed by atoms with E-state index in [1.54, 1.807) is 35.2 Å². The number of thiocarbonyl (C=S) groups is 1. The standard InChI is InChI=1S/C20H14Cl2N2O2S2/c1-2-24-19(25)17(28-20(24)27)9-12-7-15(21)18(16(22)8-12)26-11-14-6-4-3-5-13(14)10-23/h3-9H,2,11H2,1H3/b17-9-. The number of likely N-dealkylation sites (N-methyl/N-ethyl adjacent to an activating group) is 1. The van der Waals surface area contributed by atoms with Crippen molar-refractivity contribution in [3.05, 3.63) is 68.0 Å². The Morgan fingerprint density at radius 2 is 1.96 bits per heavy atom. The fourth-order valence-electron chi connectivity index (χ4n) is 2.63.